The maximum atomic E-state index is 13.8. The fourth-order valence-corrected chi connectivity index (χ4v) is 4.18. The Morgan fingerprint density at radius 1 is 0.677 bits per heavy atom. The number of amides is 5. The van der Waals surface area contributed by atoms with Crippen molar-refractivity contribution in [3.63, 3.8) is 0 Å². The summed E-state index contributed by atoms with van der Waals surface area (Å²) in [6, 6.07) is 24.8. The first kappa shape index (κ1) is 18.9. The molecule has 1 unspecified atom stereocenters. The van der Waals surface area contributed by atoms with Crippen molar-refractivity contribution in [3.8, 4) is 0 Å². The second-order valence-electron chi connectivity index (χ2n) is 7.56. The highest BCUT2D eigenvalue weighted by Crippen LogP contribution is 2.41. The molecule has 2 N–H and O–H groups in total. The number of hydrogen-bond acceptors (Lipinski definition) is 3. The van der Waals surface area contributed by atoms with Crippen molar-refractivity contribution in [2.24, 2.45) is 0 Å². The molecule has 1 atom stereocenters. The van der Waals surface area contributed by atoms with Gasteiger partial charge in [-0.2, -0.15) is 0 Å². The number of nitrogens with one attached hydrogen (secondary N) is 2. The second kappa shape index (κ2) is 7.28. The first-order valence-corrected chi connectivity index (χ1v) is 10.00. The average Bonchev–Trinajstić information content (AvgIpc) is 3.03. The van der Waals surface area contributed by atoms with Crippen molar-refractivity contribution in [1.82, 2.24) is 15.1 Å². The van der Waals surface area contributed by atoms with Crippen molar-refractivity contribution in [2.45, 2.75) is 18.8 Å². The summed E-state index contributed by atoms with van der Waals surface area (Å²) in [5, 5.41) is 5.70. The summed E-state index contributed by atoms with van der Waals surface area (Å²) in [6.07, 6.45) is 0. The Hall–Kier alpha value is -4.13. The molecule has 1 saturated heterocycles. The Bertz CT molecular complexity index is 1170. The normalized spacial score (nSPS) is 19.9. The van der Waals surface area contributed by atoms with Crippen LogP contribution in [0.15, 0.2) is 84.9 Å². The lowest BCUT2D eigenvalue weighted by Gasteiger charge is -2.43. The third kappa shape index (κ3) is 3.02. The van der Waals surface area contributed by atoms with Crippen LogP contribution in [0.5, 0.6) is 0 Å². The van der Waals surface area contributed by atoms with Gasteiger partial charge in [-0.05, 0) is 17.2 Å². The minimum absolute atomic E-state index is 0.121. The van der Waals surface area contributed by atoms with E-state index in [0.29, 0.717) is 11.3 Å². The van der Waals surface area contributed by atoms with Gasteiger partial charge in [0.05, 0.1) is 18.8 Å². The van der Waals surface area contributed by atoms with Crippen LogP contribution >= 0.6 is 0 Å². The van der Waals surface area contributed by atoms with E-state index in [4.69, 9.17) is 0 Å². The molecule has 0 aromatic heterocycles. The lowest BCUT2D eigenvalue weighted by Crippen LogP contribution is -2.63. The van der Waals surface area contributed by atoms with E-state index in [-0.39, 0.29) is 13.1 Å². The molecule has 1 spiro atoms. The van der Waals surface area contributed by atoms with Crippen molar-refractivity contribution in [2.75, 3.05) is 5.32 Å². The lowest BCUT2D eigenvalue weighted by atomic mass is 9.92. The van der Waals surface area contributed by atoms with E-state index < -0.39 is 23.6 Å². The summed E-state index contributed by atoms with van der Waals surface area (Å²) >= 11 is 0. The molecule has 3 aromatic rings. The van der Waals surface area contributed by atoms with E-state index in [1.54, 1.807) is 24.3 Å². The molecule has 3 aromatic carbocycles. The molecule has 2 aliphatic rings. The van der Waals surface area contributed by atoms with Gasteiger partial charge in [0.1, 0.15) is 0 Å². The van der Waals surface area contributed by atoms with Crippen molar-refractivity contribution >= 4 is 23.7 Å². The summed E-state index contributed by atoms with van der Waals surface area (Å²) in [6.45, 7) is 0.280. The Kier molecular flexibility index (Phi) is 4.43. The molecule has 5 amide bonds. The van der Waals surface area contributed by atoms with Crippen LogP contribution in [0.25, 0.3) is 0 Å². The molecule has 5 rings (SSSR count). The number of para-hydroxylation sites is 1. The van der Waals surface area contributed by atoms with Crippen LogP contribution in [0.2, 0.25) is 0 Å². The zero-order valence-corrected chi connectivity index (χ0v) is 16.6. The Labute approximate surface area is 179 Å². The minimum atomic E-state index is -1.61. The van der Waals surface area contributed by atoms with Crippen molar-refractivity contribution < 1.29 is 14.4 Å². The van der Waals surface area contributed by atoms with Gasteiger partial charge in [-0.25, -0.2) is 9.59 Å². The van der Waals surface area contributed by atoms with Crippen molar-refractivity contribution in [1.29, 1.82) is 0 Å². The highest BCUT2D eigenvalue weighted by Gasteiger charge is 2.60. The third-order valence-corrected chi connectivity index (χ3v) is 5.66. The van der Waals surface area contributed by atoms with Gasteiger partial charge in [0, 0.05) is 5.56 Å². The van der Waals surface area contributed by atoms with Gasteiger partial charge in [0.25, 0.3) is 5.91 Å². The molecule has 0 saturated carbocycles. The molecule has 0 aliphatic carbocycles. The average molecular weight is 412 g/mol. The third-order valence-electron chi connectivity index (χ3n) is 5.66. The number of benzene rings is 3. The fourth-order valence-electron chi connectivity index (χ4n) is 4.18. The van der Waals surface area contributed by atoms with Gasteiger partial charge in [0.15, 0.2) is 0 Å². The largest absolute Gasteiger partial charge is 0.327 e. The predicted molar refractivity (Wildman–Crippen MR) is 115 cm³/mol. The summed E-state index contributed by atoms with van der Waals surface area (Å²) in [4.78, 5) is 42.5. The molecule has 154 valence electrons. The highest BCUT2D eigenvalue weighted by atomic mass is 16.2. The van der Waals surface area contributed by atoms with Crippen LogP contribution in [-0.2, 0) is 23.5 Å². The van der Waals surface area contributed by atoms with E-state index >= 15 is 0 Å². The van der Waals surface area contributed by atoms with Gasteiger partial charge in [-0.1, -0.05) is 78.9 Å². The molecule has 0 radical (unpaired) electrons. The van der Waals surface area contributed by atoms with Crippen LogP contribution in [0, 0.1) is 0 Å². The standard InChI is InChI=1S/C24H20N4O3/c29-21-24(26-23(31)27(21)15-17-9-3-1-4-10-17)19-13-7-8-14-20(19)25-22(30)28(24)16-18-11-5-2-6-12-18/h1-14H,15-16H2,(H,25,30)(H,26,31). The first-order chi connectivity index (χ1) is 15.1. The lowest BCUT2D eigenvalue weighted by molar-refractivity contribution is -0.138. The maximum absolute atomic E-state index is 13.8. The van der Waals surface area contributed by atoms with Crippen molar-refractivity contribution in [3.05, 3.63) is 102 Å². The number of fused-ring (bicyclic) bond motifs is 2. The van der Waals surface area contributed by atoms with Crippen LogP contribution in [-0.4, -0.2) is 27.8 Å². The van der Waals surface area contributed by atoms with E-state index in [0.717, 1.165) is 11.1 Å². The Balaban J connectivity index is 1.61. The number of rotatable bonds is 4. The summed E-state index contributed by atoms with van der Waals surface area (Å²) < 4.78 is 0. The first-order valence-electron chi connectivity index (χ1n) is 10.00. The molecule has 7 heteroatoms. The van der Waals surface area contributed by atoms with Crippen LogP contribution in [0.3, 0.4) is 0 Å². The van der Waals surface area contributed by atoms with Gasteiger partial charge in [-0.15, -0.1) is 0 Å². The van der Waals surface area contributed by atoms with Crippen LogP contribution in [0.1, 0.15) is 16.7 Å². The topological polar surface area (TPSA) is 81.8 Å². The van der Waals surface area contributed by atoms with E-state index in [9.17, 15) is 14.4 Å². The second-order valence-corrected chi connectivity index (χ2v) is 7.56. The number of carbonyl (C=O) groups is 3. The van der Waals surface area contributed by atoms with E-state index in [1.165, 1.54) is 9.80 Å². The Morgan fingerprint density at radius 2 is 1.26 bits per heavy atom. The maximum Gasteiger partial charge on any atom is 0.327 e. The van der Waals surface area contributed by atoms with E-state index in [2.05, 4.69) is 10.6 Å². The highest BCUT2D eigenvalue weighted by molar-refractivity contribution is 6.11. The quantitative estimate of drug-likeness (QED) is 0.642. The predicted octanol–water partition coefficient (Wildman–Crippen LogP) is 3.64. The number of anilines is 1. The molecule has 2 heterocycles. The summed E-state index contributed by atoms with van der Waals surface area (Å²) in [5.74, 6) is -0.473. The monoisotopic (exact) mass is 412 g/mol. The molecular formula is C24H20N4O3. The molecule has 0 bridgehead atoms. The molecule has 31 heavy (non-hydrogen) atoms. The zero-order chi connectivity index (χ0) is 21.4. The molecule has 1 fully saturated rings. The Morgan fingerprint density at radius 3 is 1.94 bits per heavy atom. The number of nitrogens with zero attached hydrogens (tertiary/aromatic N) is 2. The number of urea groups is 2. The van der Waals surface area contributed by atoms with Gasteiger partial charge < -0.3 is 10.6 Å². The summed E-state index contributed by atoms with van der Waals surface area (Å²) in [5.41, 5.74) is 1.11. The van der Waals surface area contributed by atoms with Gasteiger partial charge in [0.2, 0.25) is 5.66 Å². The summed E-state index contributed by atoms with van der Waals surface area (Å²) in [7, 11) is 0. The number of carbonyl (C=O) groups excluding carboxylic acids is 3. The smallest absolute Gasteiger partial charge is 0.307 e. The minimum Gasteiger partial charge on any atom is -0.307 e. The molecule has 7 nitrogen and oxygen atoms in total. The molecular weight excluding hydrogens is 392 g/mol. The number of imide groups is 1. The fraction of sp³-hybridized carbons (Fsp3) is 0.125. The van der Waals surface area contributed by atoms with Crippen LogP contribution in [0.4, 0.5) is 15.3 Å². The number of hydrogen-bond donors (Lipinski definition) is 2. The van der Waals surface area contributed by atoms with Gasteiger partial charge >= 0.3 is 12.1 Å². The van der Waals surface area contributed by atoms with Crippen LogP contribution < -0.4 is 10.6 Å². The molecule has 2 aliphatic heterocycles. The zero-order valence-electron chi connectivity index (χ0n) is 16.6. The SMILES string of the molecule is O=C1NC2(C(=O)N1Cc1ccccc1)c1ccccc1NC(=O)N2Cc1ccccc1. The van der Waals surface area contributed by atoms with Gasteiger partial charge in [-0.3, -0.25) is 14.6 Å². The van der Waals surface area contributed by atoms with E-state index in [1.807, 2.05) is 60.7 Å².